The molecule has 3 rings (SSSR count). The van der Waals surface area contributed by atoms with Crippen LogP contribution in [-0.4, -0.2) is 33.5 Å². The summed E-state index contributed by atoms with van der Waals surface area (Å²) in [5.74, 6) is 0.961. The van der Waals surface area contributed by atoms with E-state index >= 15 is 0 Å². The van der Waals surface area contributed by atoms with Gasteiger partial charge in [0.05, 0.1) is 5.75 Å². The summed E-state index contributed by atoms with van der Waals surface area (Å²) < 4.78 is 23.1. The lowest BCUT2D eigenvalue weighted by molar-refractivity contribution is 0.460. The van der Waals surface area contributed by atoms with Crippen LogP contribution in [0.25, 0.3) is 0 Å². The second kappa shape index (κ2) is 5.15. The third-order valence-corrected chi connectivity index (χ3v) is 5.80. The van der Waals surface area contributed by atoms with Crippen LogP contribution < -0.4 is 5.32 Å². The van der Waals surface area contributed by atoms with Crippen molar-refractivity contribution in [2.45, 2.75) is 37.0 Å². The number of hydrogen-bond acceptors (Lipinski definition) is 3. The molecule has 110 valence electrons. The number of sulfone groups is 1. The van der Waals surface area contributed by atoms with Crippen LogP contribution in [0.1, 0.15) is 42.7 Å². The first-order valence-corrected chi connectivity index (χ1v) is 9.54. The third-order valence-electron chi connectivity index (χ3n) is 4.73. The highest BCUT2D eigenvalue weighted by Crippen LogP contribution is 2.49. The highest BCUT2D eigenvalue weighted by Gasteiger charge is 2.46. The van der Waals surface area contributed by atoms with E-state index in [-0.39, 0.29) is 5.41 Å². The van der Waals surface area contributed by atoms with Gasteiger partial charge in [-0.1, -0.05) is 24.3 Å². The number of piperidine rings is 1. The average molecular weight is 293 g/mol. The molecule has 2 aliphatic rings. The first-order chi connectivity index (χ1) is 9.49. The van der Waals surface area contributed by atoms with Crippen molar-refractivity contribution in [2.75, 3.05) is 25.1 Å². The van der Waals surface area contributed by atoms with Crippen LogP contribution in [0.4, 0.5) is 0 Å². The molecule has 0 atom stereocenters. The highest BCUT2D eigenvalue weighted by atomic mass is 32.2. The van der Waals surface area contributed by atoms with Gasteiger partial charge < -0.3 is 5.32 Å². The summed E-state index contributed by atoms with van der Waals surface area (Å²) in [6, 6.07) is 8.76. The Hall–Kier alpha value is -0.870. The van der Waals surface area contributed by atoms with Crippen molar-refractivity contribution in [3.05, 3.63) is 35.4 Å². The quantitative estimate of drug-likeness (QED) is 0.926. The van der Waals surface area contributed by atoms with E-state index in [0.29, 0.717) is 11.7 Å². The molecule has 0 unspecified atom stereocenters. The van der Waals surface area contributed by atoms with Crippen molar-refractivity contribution in [1.29, 1.82) is 0 Å². The zero-order chi connectivity index (χ0) is 14.2. The molecule has 1 N–H and O–H groups in total. The molecule has 0 bridgehead atoms. The van der Waals surface area contributed by atoms with E-state index in [9.17, 15) is 8.42 Å². The van der Waals surface area contributed by atoms with E-state index in [2.05, 4.69) is 29.6 Å². The Labute approximate surface area is 121 Å². The van der Waals surface area contributed by atoms with Gasteiger partial charge in [-0.2, -0.15) is 0 Å². The lowest BCUT2D eigenvalue weighted by Crippen LogP contribution is -2.26. The minimum absolute atomic E-state index is 0.0831. The van der Waals surface area contributed by atoms with Crippen LogP contribution in [0.15, 0.2) is 24.3 Å². The maximum Gasteiger partial charge on any atom is 0.148 e. The zero-order valence-electron chi connectivity index (χ0n) is 12.1. The van der Waals surface area contributed by atoms with Gasteiger partial charge in [-0.25, -0.2) is 8.42 Å². The van der Waals surface area contributed by atoms with E-state index in [1.807, 2.05) is 0 Å². The SMILES string of the molecule is CS(=O)(=O)CC1(c2ccc(C3CCNCC3)cc2)CC1. The van der Waals surface area contributed by atoms with Gasteiger partial charge in [0.2, 0.25) is 0 Å². The molecule has 1 saturated heterocycles. The number of nitrogens with one attached hydrogen (secondary N) is 1. The van der Waals surface area contributed by atoms with E-state index in [1.165, 1.54) is 30.2 Å². The molecule has 2 fully saturated rings. The molecule has 20 heavy (non-hydrogen) atoms. The summed E-state index contributed by atoms with van der Waals surface area (Å²) in [6.07, 6.45) is 5.76. The fourth-order valence-corrected chi connectivity index (χ4v) is 4.89. The molecule has 0 spiro atoms. The maximum atomic E-state index is 11.6. The fraction of sp³-hybridized carbons (Fsp3) is 0.625. The molecule has 1 aliphatic heterocycles. The van der Waals surface area contributed by atoms with Crippen molar-refractivity contribution in [3.8, 4) is 0 Å². The Morgan fingerprint density at radius 2 is 1.75 bits per heavy atom. The molecule has 1 heterocycles. The monoisotopic (exact) mass is 293 g/mol. The molecule has 3 nitrogen and oxygen atoms in total. The van der Waals surface area contributed by atoms with Gasteiger partial charge in [0, 0.05) is 11.7 Å². The van der Waals surface area contributed by atoms with Gasteiger partial charge in [0.25, 0.3) is 0 Å². The second-order valence-electron chi connectivity index (χ2n) is 6.50. The summed E-state index contributed by atoms with van der Waals surface area (Å²) in [5.41, 5.74) is 2.53. The predicted molar refractivity (Wildman–Crippen MR) is 81.9 cm³/mol. The van der Waals surface area contributed by atoms with Gasteiger partial charge in [-0.15, -0.1) is 0 Å². The summed E-state index contributed by atoms with van der Waals surface area (Å²) in [7, 11) is -2.91. The molecule has 1 saturated carbocycles. The Balaban J connectivity index is 1.76. The standard InChI is InChI=1S/C16H23NO2S/c1-20(18,19)12-16(8-9-16)15-4-2-13(3-5-15)14-6-10-17-11-7-14/h2-5,14,17H,6-12H2,1H3. The number of rotatable bonds is 4. The largest absolute Gasteiger partial charge is 0.317 e. The molecular formula is C16H23NO2S. The van der Waals surface area contributed by atoms with Crippen LogP contribution in [0.2, 0.25) is 0 Å². The number of benzene rings is 1. The summed E-state index contributed by atoms with van der Waals surface area (Å²) in [6.45, 7) is 2.20. The molecule has 4 heteroatoms. The van der Waals surface area contributed by atoms with Gasteiger partial charge in [0.15, 0.2) is 0 Å². The minimum atomic E-state index is -2.91. The smallest absolute Gasteiger partial charge is 0.148 e. The molecular weight excluding hydrogens is 270 g/mol. The Kier molecular flexibility index (Phi) is 3.63. The van der Waals surface area contributed by atoms with Crippen molar-refractivity contribution < 1.29 is 8.42 Å². The van der Waals surface area contributed by atoms with Crippen LogP contribution in [0, 0.1) is 0 Å². The highest BCUT2D eigenvalue weighted by molar-refractivity contribution is 7.90. The molecule has 1 aromatic rings. The van der Waals surface area contributed by atoms with Gasteiger partial charge >= 0.3 is 0 Å². The van der Waals surface area contributed by atoms with Crippen molar-refractivity contribution >= 4 is 9.84 Å². The summed E-state index contributed by atoms with van der Waals surface area (Å²) >= 11 is 0. The molecule has 0 aromatic heterocycles. The summed E-state index contributed by atoms with van der Waals surface area (Å²) in [5, 5.41) is 3.39. The van der Waals surface area contributed by atoms with E-state index in [1.54, 1.807) is 0 Å². The molecule has 0 amide bonds. The van der Waals surface area contributed by atoms with E-state index in [4.69, 9.17) is 0 Å². The molecule has 1 aliphatic carbocycles. The minimum Gasteiger partial charge on any atom is -0.317 e. The summed E-state index contributed by atoms with van der Waals surface area (Å²) in [4.78, 5) is 0. The Morgan fingerprint density at radius 1 is 1.15 bits per heavy atom. The topological polar surface area (TPSA) is 46.2 Å². The van der Waals surface area contributed by atoms with Gasteiger partial charge in [0.1, 0.15) is 9.84 Å². The van der Waals surface area contributed by atoms with Crippen molar-refractivity contribution in [3.63, 3.8) is 0 Å². The Morgan fingerprint density at radius 3 is 2.25 bits per heavy atom. The molecule has 0 radical (unpaired) electrons. The third kappa shape index (κ3) is 3.07. The fourth-order valence-electron chi connectivity index (χ4n) is 3.43. The van der Waals surface area contributed by atoms with Crippen molar-refractivity contribution in [1.82, 2.24) is 5.32 Å². The lowest BCUT2D eigenvalue weighted by Gasteiger charge is -2.23. The van der Waals surface area contributed by atoms with Crippen molar-refractivity contribution in [2.24, 2.45) is 0 Å². The van der Waals surface area contributed by atoms with Crippen LogP contribution >= 0.6 is 0 Å². The van der Waals surface area contributed by atoms with E-state index < -0.39 is 9.84 Å². The maximum absolute atomic E-state index is 11.6. The Bertz CT molecular complexity index is 567. The second-order valence-corrected chi connectivity index (χ2v) is 8.64. The first kappa shape index (κ1) is 14.1. The number of hydrogen-bond donors (Lipinski definition) is 1. The zero-order valence-corrected chi connectivity index (χ0v) is 12.9. The van der Waals surface area contributed by atoms with Gasteiger partial charge in [-0.05, 0) is 55.8 Å². The van der Waals surface area contributed by atoms with Crippen LogP contribution in [-0.2, 0) is 15.3 Å². The molecule has 1 aromatic carbocycles. The predicted octanol–water partition coefficient (Wildman–Crippen LogP) is 2.23. The first-order valence-electron chi connectivity index (χ1n) is 7.47. The van der Waals surface area contributed by atoms with Gasteiger partial charge in [-0.3, -0.25) is 0 Å². The normalized spacial score (nSPS) is 22.6. The van der Waals surface area contributed by atoms with Crippen LogP contribution in [0.5, 0.6) is 0 Å². The van der Waals surface area contributed by atoms with E-state index in [0.717, 1.165) is 25.9 Å². The average Bonchev–Trinajstić information content (AvgIpc) is 3.19. The van der Waals surface area contributed by atoms with Crippen LogP contribution in [0.3, 0.4) is 0 Å². The lowest BCUT2D eigenvalue weighted by atomic mass is 9.88.